The summed E-state index contributed by atoms with van der Waals surface area (Å²) >= 11 is 6.19. The molecule has 138 valence electrons. The van der Waals surface area contributed by atoms with Crippen molar-refractivity contribution in [3.05, 3.63) is 101 Å². The summed E-state index contributed by atoms with van der Waals surface area (Å²) in [5.74, 6) is 0.684. The van der Waals surface area contributed by atoms with Gasteiger partial charge in [-0.3, -0.25) is 4.79 Å². The number of hydrogen-bond acceptors (Lipinski definition) is 3. The van der Waals surface area contributed by atoms with Crippen LogP contribution in [0, 0.1) is 0 Å². The molecule has 4 nitrogen and oxygen atoms in total. The summed E-state index contributed by atoms with van der Waals surface area (Å²) in [6, 6.07) is 24.8. The van der Waals surface area contributed by atoms with Crippen LogP contribution in [0.25, 0.3) is 16.9 Å². The minimum Gasteiger partial charge on any atom is -0.489 e. The molecule has 1 aromatic heterocycles. The quantitative estimate of drug-likeness (QED) is 0.405. The summed E-state index contributed by atoms with van der Waals surface area (Å²) in [7, 11) is 0. The third kappa shape index (κ3) is 3.82. The lowest BCUT2D eigenvalue weighted by Gasteiger charge is -2.09. The molecule has 0 aliphatic heterocycles. The maximum Gasteiger partial charge on any atom is 0.153 e. The van der Waals surface area contributed by atoms with Gasteiger partial charge < -0.3 is 4.74 Å². The number of carbonyl (C=O) groups is 1. The molecule has 4 rings (SSSR count). The molecule has 3 aromatic carbocycles. The first-order valence-corrected chi connectivity index (χ1v) is 9.19. The highest BCUT2D eigenvalue weighted by Crippen LogP contribution is 2.27. The number of benzene rings is 3. The molecule has 0 atom stereocenters. The number of rotatable bonds is 6. The molecule has 0 amide bonds. The number of aldehydes is 1. The van der Waals surface area contributed by atoms with Gasteiger partial charge in [0.1, 0.15) is 18.1 Å². The van der Waals surface area contributed by atoms with E-state index >= 15 is 0 Å². The Morgan fingerprint density at radius 2 is 1.75 bits per heavy atom. The van der Waals surface area contributed by atoms with Gasteiger partial charge in [-0.25, -0.2) is 4.68 Å². The maximum absolute atomic E-state index is 11.6. The van der Waals surface area contributed by atoms with Crippen molar-refractivity contribution in [3.63, 3.8) is 0 Å². The maximum atomic E-state index is 11.6. The number of ether oxygens (including phenoxy) is 1. The molecule has 0 aliphatic carbocycles. The molecule has 5 heteroatoms. The van der Waals surface area contributed by atoms with Crippen LogP contribution in [-0.2, 0) is 6.61 Å². The van der Waals surface area contributed by atoms with Crippen molar-refractivity contribution in [1.29, 1.82) is 0 Å². The molecule has 4 aromatic rings. The highest BCUT2D eigenvalue weighted by molar-refractivity contribution is 6.31. The van der Waals surface area contributed by atoms with Gasteiger partial charge in [-0.1, -0.05) is 60.1 Å². The van der Waals surface area contributed by atoms with Gasteiger partial charge in [0.15, 0.2) is 6.29 Å². The Balaban J connectivity index is 1.61. The van der Waals surface area contributed by atoms with Crippen LogP contribution in [-0.4, -0.2) is 16.1 Å². The fourth-order valence-electron chi connectivity index (χ4n) is 2.92. The van der Waals surface area contributed by atoms with E-state index in [1.54, 1.807) is 10.9 Å². The molecule has 0 spiro atoms. The second-order valence-corrected chi connectivity index (χ2v) is 6.65. The average Bonchev–Trinajstić information content (AvgIpc) is 3.19. The number of halogens is 1. The highest BCUT2D eigenvalue weighted by Gasteiger charge is 2.12. The first-order valence-electron chi connectivity index (χ1n) is 8.81. The molecule has 0 radical (unpaired) electrons. The Hall–Kier alpha value is -3.37. The number of nitrogens with zero attached hydrogens (tertiary/aromatic N) is 2. The van der Waals surface area contributed by atoms with Gasteiger partial charge in [0.25, 0.3) is 0 Å². The van der Waals surface area contributed by atoms with Crippen molar-refractivity contribution in [2.75, 3.05) is 0 Å². The van der Waals surface area contributed by atoms with Crippen molar-refractivity contribution < 1.29 is 9.53 Å². The fourth-order valence-corrected chi connectivity index (χ4v) is 3.11. The van der Waals surface area contributed by atoms with Crippen LogP contribution in [0.15, 0.2) is 85.1 Å². The second-order valence-electron chi connectivity index (χ2n) is 6.24. The molecule has 0 unspecified atom stereocenters. The Morgan fingerprint density at radius 3 is 2.54 bits per heavy atom. The van der Waals surface area contributed by atoms with Crippen molar-refractivity contribution in [2.24, 2.45) is 0 Å². The van der Waals surface area contributed by atoms with E-state index in [-0.39, 0.29) is 0 Å². The molecule has 0 saturated heterocycles. The van der Waals surface area contributed by atoms with Gasteiger partial charge in [-0.05, 0) is 30.3 Å². The fraction of sp³-hybridized carbons (Fsp3) is 0.0435. The summed E-state index contributed by atoms with van der Waals surface area (Å²) in [5, 5.41) is 5.27. The van der Waals surface area contributed by atoms with Gasteiger partial charge in [0.05, 0.1) is 11.3 Å². The van der Waals surface area contributed by atoms with E-state index in [1.807, 2.05) is 78.9 Å². The van der Waals surface area contributed by atoms with Crippen LogP contribution >= 0.6 is 11.6 Å². The summed E-state index contributed by atoms with van der Waals surface area (Å²) in [5.41, 5.74) is 3.75. The number of aromatic nitrogens is 2. The van der Waals surface area contributed by atoms with Crippen LogP contribution in [0.2, 0.25) is 5.02 Å². The van der Waals surface area contributed by atoms with Gasteiger partial charge in [0.2, 0.25) is 0 Å². The van der Waals surface area contributed by atoms with E-state index < -0.39 is 0 Å². The van der Waals surface area contributed by atoms with E-state index in [0.29, 0.717) is 28.6 Å². The van der Waals surface area contributed by atoms with Gasteiger partial charge in [0, 0.05) is 22.3 Å². The van der Waals surface area contributed by atoms with Crippen LogP contribution in [0.1, 0.15) is 15.9 Å². The first-order chi connectivity index (χ1) is 13.7. The SMILES string of the molecule is O=Cc1cn(-c2ccccc2)nc1-c1cccc(OCc2ccccc2Cl)c1. The lowest BCUT2D eigenvalue weighted by molar-refractivity contribution is 0.112. The first kappa shape index (κ1) is 18.0. The Labute approximate surface area is 168 Å². The zero-order chi connectivity index (χ0) is 19.3. The monoisotopic (exact) mass is 388 g/mol. The van der Waals surface area contributed by atoms with Gasteiger partial charge in [-0.15, -0.1) is 0 Å². The average molecular weight is 389 g/mol. The van der Waals surface area contributed by atoms with E-state index in [1.165, 1.54) is 0 Å². The number of carbonyl (C=O) groups excluding carboxylic acids is 1. The normalized spacial score (nSPS) is 10.6. The van der Waals surface area contributed by atoms with E-state index in [4.69, 9.17) is 16.3 Å². The molecule has 28 heavy (non-hydrogen) atoms. The molecule has 0 bridgehead atoms. The summed E-state index contributed by atoms with van der Waals surface area (Å²) in [6.45, 7) is 0.363. The van der Waals surface area contributed by atoms with E-state index in [2.05, 4.69) is 5.10 Å². The van der Waals surface area contributed by atoms with Crippen molar-refractivity contribution in [2.45, 2.75) is 6.61 Å². The molecular weight excluding hydrogens is 372 g/mol. The Kier molecular flexibility index (Phi) is 5.22. The van der Waals surface area contributed by atoms with Crippen molar-refractivity contribution in [1.82, 2.24) is 9.78 Å². The van der Waals surface area contributed by atoms with E-state index in [0.717, 1.165) is 23.1 Å². The van der Waals surface area contributed by atoms with Crippen LogP contribution < -0.4 is 4.74 Å². The largest absolute Gasteiger partial charge is 0.489 e. The minimum absolute atomic E-state index is 0.363. The van der Waals surface area contributed by atoms with E-state index in [9.17, 15) is 4.79 Å². The lowest BCUT2D eigenvalue weighted by atomic mass is 10.1. The topological polar surface area (TPSA) is 44.1 Å². The Morgan fingerprint density at radius 1 is 0.964 bits per heavy atom. The summed E-state index contributed by atoms with van der Waals surface area (Å²) < 4.78 is 7.60. The molecule has 0 fully saturated rings. The molecule has 0 aliphatic rings. The molecular formula is C23H17ClN2O2. The van der Waals surface area contributed by atoms with Gasteiger partial charge in [-0.2, -0.15) is 5.10 Å². The minimum atomic E-state index is 0.363. The zero-order valence-electron chi connectivity index (χ0n) is 15.0. The van der Waals surface area contributed by atoms with Gasteiger partial charge >= 0.3 is 0 Å². The lowest BCUT2D eigenvalue weighted by Crippen LogP contribution is -1.97. The van der Waals surface area contributed by atoms with Crippen LogP contribution in [0.5, 0.6) is 5.75 Å². The molecule has 0 N–H and O–H groups in total. The predicted molar refractivity (Wildman–Crippen MR) is 110 cm³/mol. The zero-order valence-corrected chi connectivity index (χ0v) is 15.7. The molecule has 0 saturated carbocycles. The predicted octanol–water partition coefficient (Wildman–Crippen LogP) is 5.58. The van der Waals surface area contributed by atoms with Crippen LogP contribution in [0.3, 0.4) is 0 Å². The third-order valence-electron chi connectivity index (χ3n) is 4.35. The second kappa shape index (κ2) is 8.11. The van der Waals surface area contributed by atoms with Crippen molar-refractivity contribution in [3.8, 4) is 22.7 Å². The molecule has 1 heterocycles. The Bertz CT molecular complexity index is 1110. The summed E-state index contributed by atoms with van der Waals surface area (Å²) in [4.78, 5) is 11.6. The number of para-hydroxylation sites is 1. The summed E-state index contributed by atoms with van der Waals surface area (Å²) in [6.07, 6.45) is 2.55. The van der Waals surface area contributed by atoms with Crippen molar-refractivity contribution >= 4 is 17.9 Å². The van der Waals surface area contributed by atoms with Crippen LogP contribution in [0.4, 0.5) is 0 Å². The highest BCUT2D eigenvalue weighted by atomic mass is 35.5. The number of hydrogen-bond donors (Lipinski definition) is 0. The standard InChI is InChI=1S/C23H17ClN2O2/c24-22-12-5-4-7-18(22)16-28-21-11-6-8-17(13-21)23-19(15-27)14-26(25-23)20-9-2-1-3-10-20/h1-15H,16H2. The third-order valence-corrected chi connectivity index (χ3v) is 4.72. The smallest absolute Gasteiger partial charge is 0.153 e.